The molecule has 0 saturated carbocycles. The van der Waals surface area contributed by atoms with Crippen molar-refractivity contribution in [3.05, 3.63) is 34.9 Å². The largest absolute Gasteiger partial charge is 0.309 e. The standard InChI is InChI=1S/C19H32N2/c1-6-11-20-18(14-21-12-7-10-19(21,4)5)17-13-15(2)8-9-16(17)3/h8-9,13,18,20H,6-7,10-12,14H2,1-5H3. The predicted molar refractivity (Wildman–Crippen MR) is 91.8 cm³/mol. The maximum atomic E-state index is 3.78. The molecular formula is C19H32N2. The first-order valence-corrected chi connectivity index (χ1v) is 8.49. The van der Waals surface area contributed by atoms with E-state index in [1.165, 1.54) is 42.5 Å². The first kappa shape index (κ1) is 16.5. The third kappa shape index (κ3) is 4.08. The molecule has 21 heavy (non-hydrogen) atoms. The van der Waals surface area contributed by atoms with Gasteiger partial charge in [-0.05, 0) is 71.2 Å². The second-order valence-corrected chi connectivity index (χ2v) is 7.23. The van der Waals surface area contributed by atoms with Crippen LogP contribution in [0.2, 0.25) is 0 Å². The van der Waals surface area contributed by atoms with E-state index in [0.717, 1.165) is 13.1 Å². The van der Waals surface area contributed by atoms with Crippen molar-refractivity contribution in [2.24, 2.45) is 0 Å². The van der Waals surface area contributed by atoms with E-state index in [4.69, 9.17) is 0 Å². The summed E-state index contributed by atoms with van der Waals surface area (Å²) in [6.45, 7) is 14.9. The first-order chi connectivity index (χ1) is 9.94. The summed E-state index contributed by atoms with van der Waals surface area (Å²) in [6, 6.07) is 7.30. The average molecular weight is 288 g/mol. The fourth-order valence-corrected chi connectivity index (χ4v) is 3.45. The van der Waals surface area contributed by atoms with Gasteiger partial charge >= 0.3 is 0 Å². The Morgan fingerprint density at radius 1 is 1.29 bits per heavy atom. The number of aryl methyl sites for hydroxylation is 2. The predicted octanol–water partition coefficient (Wildman–Crippen LogP) is 4.22. The summed E-state index contributed by atoms with van der Waals surface area (Å²) in [5, 5.41) is 3.78. The van der Waals surface area contributed by atoms with Crippen molar-refractivity contribution < 1.29 is 0 Å². The third-order valence-electron chi connectivity index (χ3n) is 4.93. The zero-order valence-corrected chi connectivity index (χ0v) is 14.5. The average Bonchev–Trinajstić information content (AvgIpc) is 2.76. The molecule has 0 bridgehead atoms. The summed E-state index contributed by atoms with van der Waals surface area (Å²) in [6.07, 6.45) is 3.84. The van der Waals surface area contributed by atoms with E-state index in [2.05, 4.69) is 63.0 Å². The highest BCUT2D eigenvalue weighted by atomic mass is 15.2. The van der Waals surface area contributed by atoms with Crippen molar-refractivity contribution in [2.75, 3.05) is 19.6 Å². The normalized spacial score (nSPS) is 19.9. The molecule has 1 aliphatic heterocycles. The minimum absolute atomic E-state index is 0.351. The zero-order chi connectivity index (χ0) is 15.5. The fraction of sp³-hybridized carbons (Fsp3) is 0.684. The molecule has 1 saturated heterocycles. The lowest BCUT2D eigenvalue weighted by molar-refractivity contribution is 0.156. The minimum atomic E-state index is 0.351. The molecule has 0 amide bonds. The Hall–Kier alpha value is -0.860. The van der Waals surface area contributed by atoms with Crippen molar-refractivity contribution >= 4 is 0 Å². The van der Waals surface area contributed by atoms with Gasteiger partial charge < -0.3 is 5.32 Å². The third-order valence-corrected chi connectivity index (χ3v) is 4.93. The Balaban J connectivity index is 2.19. The van der Waals surface area contributed by atoms with Crippen molar-refractivity contribution in [2.45, 2.75) is 65.5 Å². The molecule has 1 aliphatic rings. The van der Waals surface area contributed by atoms with Gasteiger partial charge in [0.15, 0.2) is 0 Å². The van der Waals surface area contributed by atoms with Crippen LogP contribution < -0.4 is 5.32 Å². The first-order valence-electron chi connectivity index (χ1n) is 8.49. The lowest BCUT2D eigenvalue weighted by Gasteiger charge is -2.35. The maximum absolute atomic E-state index is 3.78. The summed E-state index contributed by atoms with van der Waals surface area (Å²) in [4.78, 5) is 2.67. The molecule has 1 heterocycles. The number of nitrogens with one attached hydrogen (secondary N) is 1. The van der Waals surface area contributed by atoms with Gasteiger partial charge in [0.05, 0.1) is 0 Å². The molecule has 1 atom stereocenters. The minimum Gasteiger partial charge on any atom is -0.309 e. The van der Waals surface area contributed by atoms with Crippen LogP contribution in [0.3, 0.4) is 0 Å². The molecule has 1 N–H and O–H groups in total. The maximum Gasteiger partial charge on any atom is 0.0452 e. The van der Waals surface area contributed by atoms with Crippen molar-refractivity contribution in [3.63, 3.8) is 0 Å². The Labute approximate surface area is 130 Å². The van der Waals surface area contributed by atoms with E-state index in [1.807, 2.05) is 0 Å². The van der Waals surface area contributed by atoms with Crippen LogP contribution in [-0.2, 0) is 0 Å². The van der Waals surface area contributed by atoms with Crippen LogP contribution in [0.4, 0.5) is 0 Å². The molecule has 2 rings (SSSR count). The van der Waals surface area contributed by atoms with Gasteiger partial charge in [0.25, 0.3) is 0 Å². The molecule has 0 radical (unpaired) electrons. The van der Waals surface area contributed by atoms with Gasteiger partial charge in [-0.3, -0.25) is 4.90 Å². The number of hydrogen-bond donors (Lipinski definition) is 1. The van der Waals surface area contributed by atoms with E-state index >= 15 is 0 Å². The van der Waals surface area contributed by atoms with E-state index < -0.39 is 0 Å². The number of benzene rings is 1. The number of nitrogens with zero attached hydrogens (tertiary/aromatic N) is 1. The van der Waals surface area contributed by atoms with E-state index in [-0.39, 0.29) is 0 Å². The lowest BCUT2D eigenvalue weighted by Crippen LogP contribution is -2.43. The van der Waals surface area contributed by atoms with Crippen LogP contribution in [0.15, 0.2) is 18.2 Å². The second kappa shape index (κ2) is 6.93. The van der Waals surface area contributed by atoms with E-state index in [1.54, 1.807) is 0 Å². The fourth-order valence-electron chi connectivity index (χ4n) is 3.45. The van der Waals surface area contributed by atoms with Gasteiger partial charge in [-0.2, -0.15) is 0 Å². The molecular weight excluding hydrogens is 256 g/mol. The summed E-state index contributed by atoms with van der Waals surface area (Å²) in [5.41, 5.74) is 4.60. The van der Waals surface area contributed by atoms with Gasteiger partial charge in [-0.1, -0.05) is 30.7 Å². The monoisotopic (exact) mass is 288 g/mol. The smallest absolute Gasteiger partial charge is 0.0452 e. The van der Waals surface area contributed by atoms with Crippen LogP contribution in [0, 0.1) is 13.8 Å². The molecule has 2 nitrogen and oxygen atoms in total. The van der Waals surface area contributed by atoms with Crippen molar-refractivity contribution in [3.8, 4) is 0 Å². The number of likely N-dealkylation sites (tertiary alicyclic amines) is 1. The molecule has 0 aliphatic carbocycles. The Kier molecular flexibility index (Phi) is 5.45. The molecule has 2 heteroatoms. The van der Waals surface area contributed by atoms with E-state index in [0.29, 0.717) is 11.6 Å². The van der Waals surface area contributed by atoms with Crippen LogP contribution >= 0.6 is 0 Å². The Morgan fingerprint density at radius 2 is 2.05 bits per heavy atom. The van der Waals surface area contributed by atoms with Gasteiger partial charge in [0, 0.05) is 18.1 Å². The van der Waals surface area contributed by atoms with Crippen LogP contribution in [-0.4, -0.2) is 30.1 Å². The topological polar surface area (TPSA) is 15.3 Å². The quantitative estimate of drug-likeness (QED) is 0.843. The van der Waals surface area contributed by atoms with Crippen LogP contribution in [0.5, 0.6) is 0 Å². The number of hydrogen-bond acceptors (Lipinski definition) is 2. The highest BCUT2D eigenvalue weighted by molar-refractivity contribution is 5.33. The molecule has 1 aromatic rings. The van der Waals surface area contributed by atoms with E-state index in [9.17, 15) is 0 Å². The zero-order valence-electron chi connectivity index (χ0n) is 14.5. The van der Waals surface area contributed by atoms with Crippen molar-refractivity contribution in [1.82, 2.24) is 10.2 Å². The van der Waals surface area contributed by atoms with Crippen LogP contribution in [0.1, 0.15) is 62.8 Å². The highest BCUT2D eigenvalue weighted by Gasteiger charge is 2.33. The molecule has 118 valence electrons. The SMILES string of the molecule is CCCNC(CN1CCCC1(C)C)c1cc(C)ccc1C. The lowest BCUT2D eigenvalue weighted by atomic mass is 9.96. The molecule has 0 aromatic heterocycles. The van der Waals surface area contributed by atoms with Gasteiger partial charge in [0.1, 0.15) is 0 Å². The van der Waals surface area contributed by atoms with Gasteiger partial charge in [-0.15, -0.1) is 0 Å². The Morgan fingerprint density at radius 3 is 2.67 bits per heavy atom. The summed E-state index contributed by atoms with van der Waals surface area (Å²) in [7, 11) is 0. The molecule has 1 unspecified atom stereocenters. The molecule has 1 fully saturated rings. The Bertz CT molecular complexity index is 465. The molecule has 0 spiro atoms. The van der Waals surface area contributed by atoms with Crippen LogP contribution in [0.25, 0.3) is 0 Å². The van der Waals surface area contributed by atoms with Gasteiger partial charge in [-0.25, -0.2) is 0 Å². The highest BCUT2D eigenvalue weighted by Crippen LogP contribution is 2.31. The summed E-state index contributed by atoms with van der Waals surface area (Å²) >= 11 is 0. The van der Waals surface area contributed by atoms with Gasteiger partial charge in [0.2, 0.25) is 0 Å². The van der Waals surface area contributed by atoms with Crippen molar-refractivity contribution in [1.29, 1.82) is 0 Å². The molecule has 1 aromatic carbocycles. The second-order valence-electron chi connectivity index (χ2n) is 7.23. The number of rotatable bonds is 6. The summed E-state index contributed by atoms with van der Waals surface area (Å²) < 4.78 is 0. The summed E-state index contributed by atoms with van der Waals surface area (Å²) in [5.74, 6) is 0.